The highest BCUT2D eigenvalue weighted by Crippen LogP contribution is 2.29. The zero-order valence-electron chi connectivity index (χ0n) is 13.3. The number of nitrogens with one attached hydrogen (secondary N) is 1. The Bertz CT molecular complexity index is 674. The molecule has 0 radical (unpaired) electrons. The molecular weight excluding hydrogens is 304 g/mol. The highest BCUT2D eigenvalue weighted by molar-refractivity contribution is 5.91. The van der Waals surface area contributed by atoms with Gasteiger partial charge in [0.15, 0.2) is 0 Å². The summed E-state index contributed by atoms with van der Waals surface area (Å²) in [6.07, 6.45) is -0.362. The van der Waals surface area contributed by atoms with E-state index in [1.165, 1.54) is 4.90 Å². The number of carboxylic acid groups (broad SMARTS) is 1. The number of hydrogen-bond donors (Lipinski definition) is 2. The molecule has 0 spiro atoms. The van der Waals surface area contributed by atoms with Crippen LogP contribution in [0.3, 0.4) is 0 Å². The second-order valence-corrected chi connectivity index (χ2v) is 6.05. The van der Waals surface area contributed by atoms with Gasteiger partial charge in [0.1, 0.15) is 5.54 Å². The van der Waals surface area contributed by atoms with Crippen molar-refractivity contribution in [3.05, 3.63) is 71.8 Å². The fraction of sp³-hybridized carbons (Fsp3) is 0.263. The van der Waals surface area contributed by atoms with E-state index < -0.39 is 11.6 Å². The lowest BCUT2D eigenvalue weighted by molar-refractivity contribution is -0.135. The molecule has 0 bridgehead atoms. The van der Waals surface area contributed by atoms with Gasteiger partial charge in [-0.25, -0.2) is 4.79 Å². The van der Waals surface area contributed by atoms with Crippen LogP contribution < -0.4 is 5.32 Å². The zero-order valence-corrected chi connectivity index (χ0v) is 13.3. The number of benzene rings is 2. The molecule has 1 aliphatic heterocycles. The zero-order chi connectivity index (χ0) is 17.0. The Labute approximate surface area is 140 Å². The highest BCUT2D eigenvalue weighted by atomic mass is 16.4. The average molecular weight is 324 g/mol. The van der Waals surface area contributed by atoms with Crippen molar-refractivity contribution in [3.63, 3.8) is 0 Å². The van der Waals surface area contributed by atoms with Crippen molar-refractivity contribution in [3.8, 4) is 0 Å². The molecule has 5 nitrogen and oxygen atoms in total. The Morgan fingerprint density at radius 3 is 1.96 bits per heavy atom. The number of hydrogen-bond acceptors (Lipinski definition) is 2. The molecule has 0 aromatic heterocycles. The Balaban J connectivity index is 2.04. The molecule has 3 rings (SSSR count). The van der Waals surface area contributed by atoms with Crippen molar-refractivity contribution >= 4 is 12.0 Å². The molecule has 5 heteroatoms. The molecule has 2 aromatic carbocycles. The van der Waals surface area contributed by atoms with Gasteiger partial charge < -0.3 is 10.4 Å². The van der Waals surface area contributed by atoms with Gasteiger partial charge in [0.25, 0.3) is 0 Å². The number of piperazine rings is 1. The third kappa shape index (κ3) is 3.11. The minimum absolute atomic E-state index is 0.233. The van der Waals surface area contributed by atoms with Crippen LogP contribution in [-0.2, 0) is 17.6 Å². The van der Waals surface area contributed by atoms with Gasteiger partial charge in [-0.1, -0.05) is 60.7 Å². The van der Waals surface area contributed by atoms with Crippen LogP contribution in [0.4, 0.5) is 4.79 Å². The number of nitrogens with zero attached hydrogens (tertiary/aromatic N) is 1. The summed E-state index contributed by atoms with van der Waals surface area (Å²) < 4.78 is 0. The molecule has 0 atom stereocenters. The summed E-state index contributed by atoms with van der Waals surface area (Å²) >= 11 is 0. The molecule has 1 saturated heterocycles. The van der Waals surface area contributed by atoms with E-state index in [2.05, 4.69) is 5.32 Å². The third-order valence-corrected chi connectivity index (χ3v) is 4.47. The van der Waals surface area contributed by atoms with Gasteiger partial charge in [-0.2, -0.15) is 0 Å². The summed E-state index contributed by atoms with van der Waals surface area (Å²) in [5.41, 5.74) is 0.751. The van der Waals surface area contributed by atoms with Crippen LogP contribution in [0.25, 0.3) is 0 Å². The van der Waals surface area contributed by atoms with Crippen molar-refractivity contribution in [1.29, 1.82) is 0 Å². The number of rotatable bonds is 4. The predicted octanol–water partition coefficient (Wildman–Crippen LogP) is 2.32. The van der Waals surface area contributed by atoms with Gasteiger partial charge in [-0.05, 0) is 11.1 Å². The third-order valence-electron chi connectivity index (χ3n) is 4.47. The van der Waals surface area contributed by atoms with Crippen LogP contribution in [-0.4, -0.2) is 40.6 Å². The molecule has 1 fully saturated rings. The monoisotopic (exact) mass is 324 g/mol. The Kier molecular flexibility index (Phi) is 4.51. The van der Waals surface area contributed by atoms with E-state index in [9.17, 15) is 14.7 Å². The fourth-order valence-corrected chi connectivity index (χ4v) is 3.34. The van der Waals surface area contributed by atoms with Gasteiger partial charge in [-0.15, -0.1) is 0 Å². The van der Waals surface area contributed by atoms with Crippen molar-refractivity contribution in [2.75, 3.05) is 13.1 Å². The molecular formula is C19H20N2O3. The maximum Gasteiger partial charge on any atom is 0.408 e. The minimum atomic E-state index is -1.13. The summed E-state index contributed by atoms with van der Waals surface area (Å²) in [4.78, 5) is 26.0. The van der Waals surface area contributed by atoms with Gasteiger partial charge >= 0.3 is 6.09 Å². The first-order chi connectivity index (χ1) is 11.6. The summed E-state index contributed by atoms with van der Waals surface area (Å²) in [7, 11) is 0. The lowest BCUT2D eigenvalue weighted by Gasteiger charge is -2.44. The maximum absolute atomic E-state index is 12.8. The second-order valence-electron chi connectivity index (χ2n) is 6.05. The van der Waals surface area contributed by atoms with E-state index in [-0.39, 0.29) is 5.91 Å². The quantitative estimate of drug-likeness (QED) is 0.907. The van der Waals surface area contributed by atoms with Gasteiger partial charge in [-0.3, -0.25) is 9.69 Å². The topological polar surface area (TPSA) is 69.6 Å². The summed E-state index contributed by atoms with van der Waals surface area (Å²) in [5, 5.41) is 12.5. The molecule has 1 heterocycles. The lowest BCUT2D eigenvalue weighted by atomic mass is 9.81. The van der Waals surface area contributed by atoms with Crippen LogP contribution in [0, 0.1) is 0 Å². The van der Waals surface area contributed by atoms with Crippen LogP contribution in [0.15, 0.2) is 60.7 Å². The van der Waals surface area contributed by atoms with Crippen molar-refractivity contribution in [2.24, 2.45) is 0 Å². The van der Waals surface area contributed by atoms with Gasteiger partial charge in [0.05, 0.1) is 0 Å². The molecule has 124 valence electrons. The van der Waals surface area contributed by atoms with Crippen molar-refractivity contribution < 1.29 is 14.7 Å². The van der Waals surface area contributed by atoms with Crippen LogP contribution in [0.1, 0.15) is 11.1 Å². The summed E-state index contributed by atoms with van der Waals surface area (Å²) in [6, 6.07) is 19.1. The Morgan fingerprint density at radius 2 is 1.50 bits per heavy atom. The maximum atomic E-state index is 12.8. The van der Waals surface area contributed by atoms with Crippen LogP contribution >= 0.6 is 0 Å². The van der Waals surface area contributed by atoms with Crippen molar-refractivity contribution in [2.45, 2.75) is 18.4 Å². The van der Waals surface area contributed by atoms with Crippen LogP contribution in [0.2, 0.25) is 0 Å². The molecule has 0 saturated carbocycles. The Hall–Kier alpha value is -2.82. The van der Waals surface area contributed by atoms with Crippen LogP contribution in [0.5, 0.6) is 0 Å². The van der Waals surface area contributed by atoms with E-state index in [1.807, 2.05) is 60.7 Å². The SMILES string of the molecule is O=C(O)N1CCNC(=O)C1(Cc1ccccc1)Cc1ccccc1. The van der Waals surface area contributed by atoms with E-state index >= 15 is 0 Å². The molecule has 2 amide bonds. The molecule has 1 aliphatic rings. The van der Waals surface area contributed by atoms with E-state index in [0.29, 0.717) is 25.9 Å². The molecule has 0 unspecified atom stereocenters. The van der Waals surface area contributed by atoms with Gasteiger partial charge in [0.2, 0.25) is 5.91 Å². The summed E-state index contributed by atoms with van der Waals surface area (Å²) in [5.74, 6) is -0.233. The highest BCUT2D eigenvalue weighted by Gasteiger charge is 2.48. The molecule has 2 N–H and O–H groups in total. The first-order valence-electron chi connectivity index (χ1n) is 7.98. The van der Waals surface area contributed by atoms with Crippen molar-refractivity contribution in [1.82, 2.24) is 10.2 Å². The van der Waals surface area contributed by atoms with Gasteiger partial charge in [0, 0.05) is 25.9 Å². The number of carbonyl (C=O) groups excluding carboxylic acids is 1. The smallest absolute Gasteiger partial charge is 0.408 e. The number of carbonyl (C=O) groups is 2. The fourth-order valence-electron chi connectivity index (χ4n) is 3.34. The van der Waals surface area contributed by atoms with E-state index in [4.69, 9.17) is 0 Å². The molecule has 0 aliphatic carbocycles. The normalized spacial score (nSPS) is 16.5. The predicted molar refractivity (Wildman–Crippen MR) is 90.8 cm³/mol. The molecule has 2 aromatic rings. The second kappa shape index (κ2) is 6.74. The van der Waals surface area contributed by atoms with E-state index in [0.717, 1.165) is 11.1 Å². The first-order valence-corrected chi connectivity index (χ1v) is 7.98. The average Bonchev–Trinajstić information content (AvgIpc) is 2.59. The molecule has 24 heavy (non-hydrogen) atoms. The summed E-state index contributed by atoms with van der Waals surface area (Å²) in [6.45, 7) is 0.636. The largest absolute Gasteiger partial charge is 0.465 e. The number of amides is 2. The van der Waals surface area contributed by atoms with E-state index in [1.54, 1.807) is 0 Å². The lowest BCUT2D eigenvalue weighted by Crippen LogP contribution is -2.68. The Morgan fingerprint density at radius 1 is 1.00 bits per heavy atom. The minimum Gasteiger partial charge on any atom is -0.465 e. The first kappa shape index (κ1) is 16.1. The standard InChI is InChI=1S/C19H20N2O3/c22-17-19(13-15-7-3-1-4-8-15,14-16-9-5-2-6-10-16)21(18(23)24)12-11-20-17/h1-10H,11-14H2,(H,20,22)(H,23,24).